The van der Waals surface area contributed by atoms with Crippen molar-refractivity contribution in [1.29, 1.82) is 0 Å². The monoisotopic (exact) mass is 391 g/mol. The summed E-state index contributed by atoms with van der Waals surface area (Å²) in [6.45, 7) is 3.05. The standard InChI is InChI=1S/C13H11F6NO2S2/c1-4(2)3-5-6(10(21)23)8(12(14,15)16)20-9(13(17,18)19)7(5)11(22)24/h4H,3H2,1-2H3,(H,21,23)(H,22,24). The Balaban J connectivity index is 4.10. The van der Waals surface area contributed by atoms with Crippen molar-refractivity contribution in [3.63, 3.8) is 0 Å². The maximum absolute atomic E-state index is 13.1. The Morgan fingerprint density at radius 1 is 0.917 bits per heavy atom. The molecule has 0 atom stereocenters. The lowest BCUT2D eigenvalue weighted by atomic mass is 9.91. The molecular weight excluding hydrogens is 380 g/mol. The second-order valence-electron chi connectivity index (χ2n) is 5.24. The molecule has 0 saturated carbocycles. The molecule has 0 fully saturated rings. The van der Waals surface area contributed by atoms with E-state index in [0.717, 1.165) is 0 Å². The van der Waals surface area contributed by atoms with Crippen molar-refractivity contribution in [1.82, 2.24) is 4.98 Å². The number of hydrogen-bond acceptors (Lipinski definition) is 3. The minimum atomic E-state index is -5.30. The fourth-order valence-electron chi connectivity index (χ4n) is 2.12. The molecule has 0 amide bonds. The van der Waals surface area contributed by atoms with Crippen molar-refractivity contribution in [3.05, 3.63) is 28.1 Å². The average Bonchev–Trinajstić information content (AvgIpc) is 2.33. The Bertz CT molecular complexity index is 632. The molecule has 2 N–H and O–H groups in total. The maximum Gasteiger partial charge on any atom is 0.434 e. The van der Waals surface area contributed by atoms with Gasteiger partial charge in [-0.3, -0.25) is 0 Å². The first-order valence-electron chi connectivity index (χ1n) is 6.35. The average molecular weight is 391 g/mol. The molecule has 0 saturated heterocycles. The second-order valence-corrected chi connectivity index (χ2v) is 6.01. The molecule has 0 aromatic carbocycles. The van der Waals surface area contributed by atoms with Gasteiger partial charge in [0.25, 0.3) is 0 Å². The third kappa shape index (κ3) is 4.32. The molecule has 0 bridgehead atoms. The summed E-state index contributed by atoms with van der Waals surface area (Å²) >= 11 is 8.70. The summed E-state index contributed by atoms with van der Waals surface area (Å²) < 4.78 is 78.8. The molecule has 1 heterocycles. The summed E-state index contributed by atoms with van der Waals surface area (Å²) in [6.07, 6.45) is -11.0. The van der Waals surface area contributed by atoms with Crippen molar-refractivity contribution >= 4 is 34.5 Å². The number of aliphatic hydroxyl groups excluding tert-OH is 2. The number of aromatic nitrogens is 1. The van der Waals surface area contributed by atoms with Crippen LogP contribution in [0.1, 0.15) is 41.9 Å². The molecule has 0 spiro atoms. The largest absolute Gasteiger partial charge is 0.498 e. The van der Waals surface area contributed by atoms with Gasteiger partial charge in [0.1, 0.15) is 0 Å². The van der Waals surface area contributed by atoms with Gasteiger partial charge in [-0.1, -0.05) is 13.8 Å². The van der Waals surface area contributed by atoms with Gasteiger partial charge in [0.15, 0.2) is 21.5 Å². The number of pyridine rings is 1. The summed E-state index contributed by atoms with van der Waals surface area (Å²) in [5.74, 6) is -0.421. The molecule has 1 aromatic heterocycles. The van der Waals surface area contributed by atoms with Crippen molar-refractivity contribution in [2.45, 2.75) is 32.6 Å². The van der Waals surface area contributed by atoms with Crippen LogP contribution in [-0.2, 0) is 18.8 Å². The van der Waals surface area contributed by atoms with E-state index in [1.807, 2.05) is 0 Å². The van der Waals surface area contributed by atoms with Gasteiger partial charge in [0.2, 0.25) is 0 Å². The van der Waals surface area contributed by atoms with Gasteiger partial charge in [-0.25, -0.2) is 4.98 Å². The van der Waals surface area contributed by atoms with E-state index >= 15 is 0 Å². The highest BCUT2D eigenvalue weighted by atomic mass is 32.1. The molecular formula is C13H11F6NO2S2. The summed E-state index contributed by atoms with van der Waals surface area (Å²) in [5, 5.41) is 16.3. The summed E-state index contributed by atoms with van der Waals surface area (Å²) in [7, 11) is 0. The number of nitrogens with zero attached hydrogens (tertiary/aromatic N) is 1. The predicted octanol–water partition coefficient (Wildman–Crippen LogP) is 4.78. The minimum Gasteiger partial charge on any atom is -0.498 e. The third-order valence-corrected chi connectivity index (χ3v) is 3.29. The second kappa shape index (κ2) is 6.79. The number of thiocarbonyl (C=S) groups is 2. The smallest absolute Gasteiger partial charge is 0.434 e. The molecule has 1 aromatic rings. The summed E-state index contributed by atoms with van der Waals surface area (Å²) in [6, 6.07) is 0. The van der Waals surface area contributed by atoms with Gasteiger partial charge in [0, 0.05) is 0 Å². The molecule has 11 heteroatoms. The molecule has 1 rings (SSSR count). The Kier molecular flexibility index (Phi) is 5.81. The number of aliphatic hydroxyl groups is 2. The fourth-order valence-corrected chi connectivity index (χ4v) is 2.56. The van der Waals surface area contributed by atoms with E-state index in [1.54, 1.807) is 0 Å². The third-order valence-electron chi connectivity index (χ3n) is 2.88. The van der Waals surface area contributed by atoms with Crippen LogP contribution in [0.2, 0.25) is 0 Å². The number of alkyl halides is 6. The van der Waals surface area contributed by atoms with Crippen molar-refractivity contribution in [2.24, 2.45) is 5.92 Å². The van der Waals surface area contributed by atoms with Gasteiger partial charge < -0.3 is 10.2 Å². The molecule has 0 aliphatic carbocycles. The Morgan fingerprint density at radius 3 is 1.46 bits per heavy atom. The van der Waals surface area contributed by atoms with Gasteiger partial charge in [-0.15, -0.1) is 0 Å². The summed E-state index contributed by atoms with van der Waals surface area (Å²) in [5.41, 5.74) is -6.74. The van der Waals surface area contributed by atoms with E-state index in [9.17, 15) is 36.6 Å². The number of rotatable bonds is 4. The Morgan fingerprint density at radius 2 is 1.25 bits per heavy atom. The van der Waals surface area contributed by atoms with Gasteiger partial charge >= 0.3 is 12.4 Å². The van der Waals surface area contributed by atoms with Crippen LogP contribution in [0.3, 0.4) is 0 Å². The topological polar surface area (TPSA) is 53.4 Å². The van der Waals surface area contributed by atoms with E-state index in [0.29, 0.717) is 0 Å². The highest BCUT2D eigenvalue weighted by Gasteiger charge is 2.45. The Hall–Kier alpha value is -1.49. The summed E-state index contributed by atoms with van der Waals surface area (Å²) in [4.78, 5) is 2.58. The zero-order valence-electron chi connectivity index (χ0n) is 12.2. The molecule has 0 aliphatic rings. The Labute approximate surface area is 143 Å². The number of halogens is 6. The van der Waals surface area contributed by atoms with E-state index in [-0.39, 0.29) is 6.42 Å². The van der Waals surface area contributed by atoms with E-state index < -0.39 is 56.4 Å². The van der Waals surface area contributed by atoms with Crippen LogP contribution in [0.25, 0.3) is 0 Å². The van der Waals surface area contributed by atoms with E-state index in [2.05, 4.69) is 29.4 Å². The van der Waals surface area contributed by atoms with Crippen molar-refractivity contribution in [2.75, 3.05) is 0 Å². The first-order valence-corrected chi connectivity index (χ1v) is 7.17. The van der Waals surface area contributed by atoms with Crippen molar-refractivity contribution in [3.8, 4) is 0 Å². The van der Waals surface area contributed by atoms with Crippen LogP contribution >= 0.6 is 24.4 Å². The van der Waals surface area contributed by atoms with Crippen LogP contribution in [0.4, 0.5) is 26.3 Å². The van der Waals surface area contributed by atoms with Gasteiger partial charge in [-0.2, -0.15) is 26.3 Å². The van der Waals surface area contributed by atoms with Crippen LogP contribution in [0, 0.1) is 5.92 Å². The van der Waals surface area contributed by atoms with Crippen LogP contribution in [0.15, 0.2) is 0 Å². The molecule has 0 radical (unpaired) electrons. The van der Waals surface area contributed by atoms with E-state index in [4.69, 9.17) is 0 Å². The molecule has 0 aliphatic heterocycles. The molecule has 134 valence electrons. The quantitative estimate of drug-likeness (QED) is 0.571. The molecule has 0 unspecified atom stereocenters. The van der Waals surface area contributed by atoms with Gasteiger partial charge in [-0.05, 0) is 42.3 Å². The highest BCUT2D eigenvalue weighted by Crippen LogP contribution is 2.40. The van der Waals surface area contributed by atoms with Crippen LogP contribution < -0.4 is 0 Å². The fraction of sp³-hybridized carbons (Fsp3) is 0.462. The number of hydrogen-bond donors (Lipinski definition) is 2. The predicted molar refractivity (Wildman–Crippen MR) is 81.4 cm³/mol. The zero-order chi connectivity index (χ0) is 19.0. The highest BCUT2D eigenvalue weighted by molar-refractivity contribution is 7.80. The lowest BCUT2D eigenvalue weighted by Gasteiger charge is -2.22. The molecule has 24 heavy (non-hydrogen) atoms. The SMILES string of the molecule is CC(C)Cc1c(C(O)=S)c(C(F)(F)F)nc(C(F)(F)F)c1C(O)=S. The van der Waals surface area contributed by atoms with Crippen LogP contribution in [-0.4, -0.2) is 25.3 Å². The lowest BCUT2D eigenvalue weighted by molar-refractivity contribution is -0.150. The van der Waals surface area contributed by atoms with Gasteiger partial charge in [0.05, 0.1) is 11.1 Å². The lowest BCUT2D eigenvalue weighted by Crippen LogP contribution is -2.26. The minimum absolute atomic E-state index is 0.346. The first kappa shape index (κ1) is 20.6. The zero-order valence-corrected chi connectivity index (χ0v) is 13.8. The van der Waals surface area contributed by atoms with E-state index in [1.165, 1.54) is 13.8 Å². The normalized spacial score (nSPS) is 12.5. The molecule has 3 nitrogen and oxygen atoms in total. The van der Waals surface area contributed by atoms with Crippen LogP contribution in [0.5, 0.6) is 0 Å². The van der Waals surface area contributed by atoms with Crippen molar-refractivity contribution < 1.29 is 36.6 Å². The first-order chi connectivity index (χ1) is 10.7. The maximum atomic E-state index is 13.1.